The average molecular weight is 412 g/mol. The smallest absolute Gasteiger partial charge is 0.246 e. The Labute approximate surface area is 172 Å². The molecular weight excluding hydrogens is 391 g/mol. The van der Waals surface area contributed by atoms with Crippen molar-refractivity contribution >= 4 is 5.91 Å². The molecule has 1 aliphatic heterocycles. The summed E-state index contributed by atoms with van der Waals surface area (Å²) in [6.07, 6.45) is -0.693. The first-order valence-corrected chi connectivity index (χ1v) is 9.33. The lowest BCUT2D eigenvalue weighted by atomic mass is 9.98. The van der Waals surface area contributed by atoms with Crippen molar-refractivity contribution in [2.24, 2.45) is 0 Å². The minimum atomic E-state index is -0.693. The molecule has 8 nitrogen and oxygen atoms in total. The highest BCUT2D eigenvalue weighted by Gasteiger charge is 2.36. The van der Waals surface area contributed by atoms with E-state index in [1.165, 1.54) is 17.9 Å². The molecule has 0 aliphatic carbocycles. The van der Waals surface area contributed by atoms with E-state index in [4.69, 9.17) is 14.2 Å². The van der Waals surface area contributed by atoms with E-state index in [9.17, 15) is 9.18 Å². The first-order valence-electron chi connectivity index (χ1n) is 9.33. The standard InChI is InChI=1S/C21H21FN4O4/c1-12-23-21(26(25-12)15-7-5-4-6-14(15)22)20-19(24-18(27)11-30-20)13-8-9-16(28-2)17(10-13)29-3/h4-10,19-20H,11H2,1-3H3,(H,24,27)/t19-,20+/m1/s1. The summed E-state index contributed by atoms with van der Waals surface area (Å²) in [6, 6.07) is 11.0. The first kappa shape index (κ1) is 19.8. The summed E-state index contributed by atoms with van der Waals surface area (Å²) < 4.78 is 32.4. The van der Waals surface area contributed by atoms with Crippen LogP contribution in [0, 0.1) is 12.7 Å². The van der Waals surface area contributed by atoms with E-state index in [0.29, 0.717) is 23.1 Å². The summed E-state index contributed by atoms with van der Waals surface area (Å²) in [5.74, 6) is 1.22. The number of rotatable bonds is 5. The fraction of sp³-hybridized carbons (Fsp3) is 0.286. The monoisotopic (exact) mass is 412 g/mol. The molecule has 0 spiro atoms. The summed E-state index contributed by atoms with van der Waals surface area (Å²) in [6.45, 7) is 1.57. The predicted molar refractivity (Wildman–Crippen MR) is 105 cm³/mol. The second kappa shape index (κ2) is 8.11. The van der Waals surface area contributed by atoms with E-state index in [-0.39, 0.29) is 18.2 Å². The van der Waals surface area contributed by atoms with Crippen LogP contribution in [-0.4, -0.2) is 41.5 Å². The van der Waals surface area contributed by atoms with Crippen LogP contribution in [0.3, 0.4) is 0 Å². The topological polar surface area (TPSA) is 87.5 Å². The van der Waals surface area contributed by atoms with Gasteiger partial charge in [0.05, 0.1) is 20.3 Å². The zero-order chi connectivity index (χ0) is 21.3. The van der Waals surface area contributed by atoms with Crippen LogP contribution >= 0.6 is 0 Å². The van der Waals surface area contributed by atoms with E-state index in [0.717, 1.165) is 5.56 Å². The summed E-state index contributed by atoms with van der Waals surface area (Å²) in [7, 11) is 3.08. The summed E-state index contributed by atoms with van der Waals surface area (Å²) in [5, 5.41) is 7.29. The zero-order valence-corrected chi connectivity index (χ0v) is 16.8. The molecule has 0 radical (unpaired) electrons. The maximum Gasteiger partial charge on any atom is 0.246 e. The number of hydrogen-bond donors (Lipinski definition) is 1. The van der Waals surface area contributed by atoms with Gasteiger partial charge in [0.15, 0.2) is 17.3 Å². The van der Waals surface area contributed by atoms with Gasteiger partial charge in [0.25, 0.3) is 0 Å². The number of hydrogen-bond acceptors (Lipinski definition) is 6. The molecular formula is C21H21FN4O4. The fourth-order valence-corrected chi connectivity index (χ4v) is 3.50. The molecule has 1 saturated heterocycles. The van der Waals surface area contributed by atoms with Crippen molar-refractivity contribution < 1.29 is 23.4 Å². The Morgan fingerprint density at radius 3 is 2.67 bits per heavy atom. The van der Waals surface area contributed by atoms with E-state index in [2.05, 4.69) is 15.4 Å². The van der Waals surface area contributed by atoms with Gasteiger partial charge in [-0.25, -0.2) is 14.1 Å². The third-order valence-electron chi connectivity index (χ3n) is 4.85. The molecule has 1 N–H and O–H groups in total. The van der Waals surface area contributed by atoms with E-state index in [1.807, 2.05) is 6.07 Å². The fourth-order valence-electron chi connectivity index (χ4n) is 3.50. The van der Waals surface area contributed by atoms with Crippen LogP contribution in [0.1, 0.15) is 29.4 Å². The highest BCUT2D eigenvalue weighted by molar-refractivity contribution is 5.78. The normalized spacial score (nSPS) is 18.7. The number of carbonyl (C=O) groups is 1. The van der Waals surface area contributed by atoms with E-state index in [1.54, 1.807) is 44.4 Å². The van der Waals surface area contributed by atoms with Gasteiger partial charge in [0.2, 0.25) is 5.91 Å². The molecule has 2 aromatic carbocycles. The number of benzene rings is 2. The van der Waals surface area contributed by atoms with Crippen molar-refractivity contribution in [1.29, 1.82) is 0 Å². The van der Waals surface area contributed by atoms with Crippen molar-refractivity contribution in [3.05, 3.63) is 65.5 Å². The number of halogens is 1. The minimum absolute atomic E-state index is 0.141. The molecule has 1 aliphatic rings. The second-order valence-electron chi connectivity index (χ2n) is 6.77. The van der Waals surface area contributed by atoms with Crippen LogP contribution in [0.4, 0.5) is 4.39 Å². The van der Waals surface area contributed by atoms with Crippen LogP contribution in [-0.2, 0) is 9.53 Å². The van der Waals surface area contributed by atoms with Gasteiger partial charge in [-0.05, 0) is 36.8 Å². The molecule has 156 valence electrons. The molecule has 2 atom stereocenters. The molecule has 3 aromatic rings. The molecule has 0 saturated carbocycles. The van der Waals surface area contributed by atoms with Crippen LogP contribution in [0.25, 0.3) is 5.69 Å². The number of aryl methyl sites for hydroxylation is 1. The van der Waals surface area contributed by atoms with Gasteiger partial charge >= 0.3 is 0 Å². The Kier molecular flexibility index (Phi) is 5.37. The third kappa shape index (κ3) is 3.59. The lowest BCUT2D eigenvalue weighted by molar-refractivity contribution is -0.138. The van der Waals surface area contributed by atoms with Crippen molar-refractivity contribution in [3.8, 4) is 17.2 Å². The Balaban J connectivity index is 1.80. The molecule has 1 amide bonds. The Morgan fingerprint density at radius 2 is 1.93 bits per heavy atom. The molecule has 4 rings (SSSR count). The van der Waals surface area contributed by atoms with Crippen LogP contribution < -0.4 is 14.8 Å². The number of ether oxygens (including phenoxy) is 3. The largest absolute Gasteiger partial charge is 0.493 e. The van der Waals surface area contributed by atoms with Gasteiger partial charge in [-0.2, -0.15) is 5.10 Å². The molecule has 0 bridgehead atoms. The maximum absolute atomic E-state index is 14.5. The Morgan fingerprint density at radius 1 is 1.17 bits per heavy atom. The lowest BCUT2D eigenvalue weighted by Crippen LogP contribution is -2.42. The quantitative estimate of drug-likeness (QED) is 0.693. The molecule has 2 heterocycles. The number of carbonyl (C=O) groups excluding carboxylic acids is 1. The number of para-hydroxylation sites is 1. The van der Waals surface area contributed by atoms with Crippen molar-refractivity contribution in [3.63, 3.8) is 0 Å². The second-order valence-corrected chi connectivity index (χ2v) is 6.77. The number of methoxy groups -OCH3 is 2. The van der Waals surface area contributed by atoms with Crippen LogP contribution in [0.2, 0.25) is 0 Å². The molecule has 30 heavy (non-hydrogen) atoms. The number of nitrogens with one attached hydrogen (secondary N) is 1. The van der Waals surface area contributed by atoms with Gasteiger partial charge in [-0.1, -0.05) is 18.2 Å². The predicted octanol–water partition coefficient (Wildman–Crippen LogP) is 2.66. The zero-order valence-electron chi connectivity index (χ0n) is 16.8. The van der Waals surface area contributed by atoms with Crippen molar-refractivity contribution in [1.82, 2.24) is 20.1 Å². The third-order valence-corrected chi connectivity index (χ3v) is 4.85. The maximum atomic E-state index is 14.5. The van der Waals surface area contributed by atoms with Crippen molar-refractivity contribution in [2.45, 2.75) is 19.1 Å². The summed E-state index contributed by atoms with van der Waals surface area (Å²) in [5.41, 5.74) is 0.978. The number of aromatic nitrogens is 3. The van der Waals surface area contributed by atoms with Gasteiger partial charge in [-0.15, -0.1) is 0 Å². The highest BCUT2D eigenvalue weighted by atomic mass is 19.1. The van der Waals surface area contributed by atoms with Gasteiger partial charge in [0.1, 0.15) is 30.0 Å². The van der Waals surface area contributed by atoms with E-state index >= 15 is 0 Å². The first-order chi connectivity index (χ1) is 14.5. The number of morpholine rings is 1. The highest BCUT2D eigenvalue weighted by Crippen LogP contribution is 2.38. The molecule has 1 fully saturated rings. The van der Waals surface area contributed by atoms with Crippen molar-refractivity contribution in [2.75, 3.05) is 20.8 Å². The summed E-state index contributed by atoms with van der Waals surface area (Å²) >= 11 is 0. The average Bonchev–Trinajstić information content (AvgIpc) is 3.14. The molecule has 9 heteroatoms. The van der Waals surface area contributed by atoms with Crippen LogP contribution in [0.15, 0.2) is 42.5 Å². The minimum Gasteiger partial charge on any atom is -0.493 e. The molecule has 0 unspecified atom stereocenters. The molecule has 1 aromatic heterocycles. The Hall–Kier alpha value is -3.46. The number of nitrogens with zero attached hydrogens (tertiary/aromatic N) is 3. The Bertz CT molecular complexity index is 1080. The van der Waals surface area contributed by atoms with Gasteiger partial charge in [-0.3, -0.25) is 4.79 Å². The van der Waals surface area contributed by atoms with Crippen LogP contribution in [0.5, 0.6) is 11.5 Å². The van der Waals surface area contributed by atoms with E-state index < -0.39 is 18.0 Å². The lowest BCUT2D eigenvalue weighted by Gasteiger charge is -2.32. The SMILES string of the molecule is COc1ccc([C@H]2NC(=O)CO[C@@H]2c2nc(C)nn2-c2ccccc2F)cc1OC. The van der Waals surface area contributed by atoms with Gasteiger partial charge in [0, 0.05) is 0 Å². The summed E-state index contributed by atoms with van der Waals surface area (Å²) in [4.78, 5) is 16.6. The van der Waals surface area contributed by atoms with Gasteiger partial charge < -0.3 is 19.5 Å². The number of amides is 1.